The molecule has 0 bridgehead atoms. The van der Waals surface area contributed by atoms with Crippen molar-refractivity contribution in [2.24, 2.45) is 5.73 Å². The highest BCUT2D eigenvalue weighted by Crippen LogP contribution is 2.41. The number of methoxy groups -OCH3 is 3. The van der Waals surface area contributed by atoms with Gasteiger partial charge >= 0.3 is 0 Å². The normalized spacial score (nSPS) is 12.8. The van der Waals surface area contributed by atoms with Gasteiger partial charge in [-0.3, -0.25) is 20.2 Å². The van der Waals surface area contributed by atoms with E-state index in [0.29, 0.717) is 9.98 Å². The quantitative estimate of drug-likeness (QED) is 0.187. The molecule has 0 aliphatic heterocycles. The maximum Gasteiger partial charge on any atom is 0.279 e. The second kappa shape index (κ2) is 13.4. The molecular formula is C27H35N7O7S. The van der Waals surface area contributed by atoms with Gasteiger partial charge in [0, 0.05) is 12.4 Å². The molecule has 0 saturated heterocycles. The number of nitrogens with zero attached hydrogens (tertiary/aromatic N) is 5. The Hall–Kier alpha value is -4.50. The zero-order valence-electron chi connectivity index (χ0n) is 24.4. The fourth-order valence-electron chi connectivity index (χ4n) is 4.07. The van der Waals surface area contributed by atoms with Crippen molar-refractivity contribution in [1.82, 2.24) is 19.4 Å². The number of anilines is 1. The van der Waals surface area contributed by atoms with Crippen molar-refractivity contribution in [2.45, 2.75) is 45.2 Å². The van der Waals surface area contributed by atoms with Gasteiger partial charge in [0.05, 0.1) is 51.1 Å². The molecule has 0 unspecified atom stereocenters. The third-order valence-corrected chi connectivity index (χ3v) is 8.05. The second-order valence-electron chi connectivity index (χ2n) is 9.35. The van der Waals surface area contributed by atoms with E-state index in [1.165, 1.54) is 71.2 Å². The van der Waals surface area contributed by atoms with Crippen LogP contribution in [0.15, 0.2) is 49.1 Å². The molecule has 3 rings (SSSR count). The molecule has 1 amide bonds. The lowest BCUT2D eigenvalue weighted by atomic mass is 10.2. The van der Waals surface area contributed by atoms with Crippen LogP contribution in [0.4, 0.5) is 5.69 Å². The first-order valence-electron chi connectivity index (χ1n) is 12.7. The van der Waals surface area contributed by atoms with Gasteiger partial charge in [-0.15, -0.1) is 4.41 Å². The largest absolute Gasteiger partial charge is 0.494 e. The van der Waals surface area contributed by atoms with Crippen molar-refractivity contribution in [3.63, 3.8) is 0 Å². The Bertz CT molecular complexity index is 1500. The Morgan fingerprint density at radius 2 is 1.62 bits per heavy atom. The van der Waals surface area contributed by atoms with Gasteiger partial charge in [0.2, 0.25) is 11.8 Å². The lowest BCUT2D eigenvalue weighted by molar-refractivity contribution is 0.00323. The number of guanidine groups is 1. The first-order valence-corrected chi connectivity index (χ1v) is 14.2. The molecule has 3 N–H and O–H groups in total. The van der Waals surface area contributed by atoms with Crippen LogP contribution in [0.1, 0.15) is 48.5 Å². The topological polar surface area (TPSA) is 183 Å². The van der Waals surface area contributed by atoms with E-state index in [0.717, 1.165) is 5.01 Å². The van der Waals surface area contributed by atoms with Crippen molar-refractivity contribution in [3.05, 3.63) is 65.9 Å². The summed E-state index contributed by atoms with van der Waals surface area (Å²) in [6.07, 6.45) is 3.85. The molecule has 3 aromatic rings. The van der Waals surface area contributed by atoms with Gasteiger partial charge in [0.25, 0.3) is 15.9 Å². The predicted octanol–water partition coefficient (Wildman–Crippen LogP) is 2.85. The number of benzene rings is 1. The van der Waals surface area contributed by atoms with E-state index in [-0.39, 0.29) is 34.3 Å². The summed E-state index contributed by atoms with van der Waals surface area (Å²) in [5.74, 6) is -1.48. The summed E-state index contributed by atoms with van der Waals surface area (Å²) in [6, 6.07) is 6.15. The van der Waals surface area contributed by atoms with Gasteiger partial charge in [-0.05, 0) is 51.5 Å². The lowest BCUT2D eigenvalue weighted by Crippen LogP contribution is -2.58. The minimum atomic E-state index is -4.74. The Balaban J connectivity index is 2.29. The zero-order valence-corrected chi connectivity index (χ0v) is 25.2. The van der Waals surface area contributed by atoms with E-state index in [1.807, 2.05) is 0 Å². The first kappa shape index (κ1) is 32.0. The van der Waals surface area contributed by atoms with Gasteiger partial charge in [0.15, 0.2) is 5.69 Å². The Labute approximate surface area is 244 Å². The molecule has 2 aromatic heterocycles. The van der Waals surface area contributed by atoms with E-state index in [1.54, 1.807) is 26.8 Å². The number of hydrogen-bond acceptors (Lipinski definition) is 11. The number of para-hydroxylation sites is 1. The molecular weight excluding hydrogens is 566 g/mol. The number of hydrazine groups is 1. The third kappa shape index (κ3) is 6.69. The van der Waals surface area contributed by atoms with Crippen molar-refractivity contribution in [1.29, 1.82) is 5.41 Å². The fraction of sp³-hybridized carbons (Fsp3) is 0.370. The minimum absolute atomic E-state index is 0.0214. The van der Waals surface area contributed by atoms with Crippen molar-refractivity contribution < 1.29 is 32.2 Å². The van der Waals surface area contributed by atoms with Gasteiger partial charge < -0.3 is 24.7 Å². The van der Waals surface area contributed by atoms with Crippen LogP contribution < -0.4 is 25.0 Å². The standard InChI is InChI=1S/C27H35N7O7S/c1-16(2)41-25(20-14-32-23(40-7)15-31-20)18(4)42(36,37)34(27(28)29)33(26(35)19-11-17(3)12-30-13-19)24-21(38-5)9-8-10-22(24)39-6/h8-16,18,25H,1-7H3,(H3,28,29)/t18-,25+/m1/s1. The van der Waals surface area contributed by atoms with Crippen LogP contribution in [0.5, 0.6) is 17.4 Å². The molecule has 2 heterocycles. The smallest absolute Gasteiger partial charge is 0.279 e. The number of carbonyl (C=O) groups is 1. The second-order valence-corrected chi connectivity index (χ2v) is 11.5. The third-order valence-electron chi connectivity index (χ3n) is 6.02. The van der Waals surface area contributed by atoms with Crippen LogP contribution >= 0.6 is 0 Å². The Kier molecular flexibility index (Phi) is 10.2. The highest BCUT2D eigenvalue weighted by atomic mass is 32.2. The lowest BCUT2D eigenvalue weighted by Gasteiger charge is -2.38. The van der Waals surface area contributed by atoms with Crippen molar-refractivity contribution in [2.75, 3.05) is 26.3 Å². The highest BCUT2D eigenvalue weighted by molar-refractivity contribution is 7.90. The fourth-order valence-corrected chi connectivity index (χ4v) is 5.56. The first-order chi connectivity index (χ1) is 19.9. The van der Waals surface area contributed by atoms with Crippen LogP contribution in [0.3, 0.4) is 0 Å². The van der Waals surface area contributed by atoms with Crippen LogP contribution in [0.25, 0.3) is 0 Å². The zero-order chi connectivity index (χ0) is 31.2. The number of ether oxygens (including phenoxy) is 4. The molecule has 0 spiro atoms. The molecule has 0 fully saturated rings. The molecule has 0 aliphatic rings. The number of carbonyl (C=O) groups excluding carboxylic acids is 1. The number of aromatic nitrogens is 3. The summed E-state index contributed by atoms with van der Waals surface area (Å²) in [4.78, 5) is 26.7. The number of nitrogens with one attached hydrogen (secondary N) is 1. The number of pyridine rings is 1. The molecule has 1 aromatic carbocycles. The molecule has 0 saturated carbocycles. The van der Waals surface area contributed by atoms with Crippen molar-refractivity contribution in [3.8, 4) is 17.4 Å². The van der Waals surface area contributed by atoms with Gasteiger partial charge in [0.1, 0.15) is 22.9 Å². The summed E-state index contributed by atoms with van der Waals surface area (Å²) in [6.45, 7) is 6.54. The SMILES string of the molecule is COc1cnc([C@@H](OC(C)C)[C@@H](C)S(=O)(=O)N(C(=N)N)N(C(=O)c2cncc(C)c2)c2c(OC)cccc2OC)cn1. The number of sulfonamides is 1. The molecule has 226 valence electrons. The van der Waals surface area contributed by atoms with E-state index < -0.39 is 39.3 Å². The number of aryl methyl sites for hydroxylation is 1. The molecule has 0 aliphatic carbocycles. The van der Waals surface area contributed by atoms with Crippen LogP contribution in [0.2, 0.25) is 0 Å². The Morgan fingerprint density at radius 3 is 2.10 bits per heavy atom. The average molecular weight is 602 g/mol. The number of nitrogens with two attached hydrogens (primary N) is 1. The number of rotatable bonds is 11. The summed E-state index contributed by atoms with van der Waals surface area (Å²) in [5.41, 5.74) is 6.70. The molecule has 2 atom stereocenters. The molecule has 15 heteroatoms. The van der Waals surface area contributed by atoms with E-state index in [4.69, 9.17) is 30.1 Å². The van der Waals surface area contributed by atoms with Crippen LogP contribution in [-0.2, 0) is 14.8 Å². The van der Waals surface area contributed by atoms with Crippen molar-refractivity contribution >= 4 is 27.6 Å². The van der Waals surface area contributed by atoms with Crippen LogP contribution in [0, 0.1) is 12.3 Å². The maximum absolute atomic E-state index is 14.5. The summed E-state index contributed by atoms with van der Waals surface area (Å²) < 4.78 is 51.4. The van der Waals surface area contributed by atoms with Gasteiger partial charge in [-0.2, -0.15) is 5.01 Å². The summed E-state index contributed by atoms with van der Waals surface area (Å²) in [7, 11) is -0.621. The maximum atomic E-state index is 14.5. The predicted molar refractivity (Wildman–Crippen MR) is 155 cm³/mol. The monoisotopic (exact) mass is 601 g/mol. The summed E-state index contributed by atoms with van der Waals surface area (Å²) in [5, 5.41) is 7.71. The van der Waals surface area contributed by atoms with E-state index >= 15 is 0 Å². The molecule has 42 heavy (non-hydrogen) atoms. The van der Waals surface area contributed by atoms with E-state index in [2.05, 4.69) is 15.0 Å². The van der Waals surface area contributed by atoms with Crippen LogP contribution in [-0.4, -0.2) is 72.3 Å². The molecule has 14 nitrogen and oxygen atoms in total. The number of hydrogen-bond donors (Lipinski definition) is 2. The minimum Gasteiger partial charge on any atom is -0.494 e. The number of amides is 1. The van der Waals surface area contributed by atoms with E-state index in [9.17, 15) is 13.2 Å². The summed E-state index contributed by atoms with van der Waals surface area (Å²) >= 11 is 0. The highest BCUT2D eigenvalue weighted by Gasteiger charge is 2.45. The average Bonchev–Trinajstić information content (AvgIpc) is 2.97. The van der Waals surface area contributed by atoms with Gasteiger partial charge in [-0.25, -0.2) is 13.4 Å². The Morgan fingerprint density at radius 1 is 0.976 bits per heavy atom. The van der Waals surface area contributed by atoms with Gasteiger partial charge in [-0.1, -0.05) is 6.07 Å². The molecule has 0 radical (unpaired) electrons.